The van der Waals surface area contributed by atoms with Crippen molar-refractivity contribution in [3.63, 3.8) is 0 Å². The largest absolute Gasteiger partial charge is 0.506 e. The quantitative estimate of drug-likeness (QED) is 0.862. The van der Waals surface area contributed by atoms with Crippen molar-refractivity contribution < 1.29 is 5.11 Å². The first-order valence-electron chi connectivity index (χ1n) is 7.29. The fourth-order valence-corrected chi connectivity index (χ4v) is 2.44. The SMILES string of the molecule is Cc1ccc(O)c(CN2CCN(CCN(C)C)CC2)n1. The summed E-state index contributed by atoms with van der Waals surface area (Å²) in [5, 5.41) is 9.86. The van der Waals surface area contributed by atoms with E-state index in [-0.39, 0.29) is 0 Å². The molecule has 20 heavy (non-hydrogen) atoms. The van der Waals surface area contributed by atoms with Gasteiger partial charge in [0.05, 0.1) is 5.69 Å². The number of nitrogens with zero attached hydrogens (tertiary/aromatic N) is 4. The fourth-order valence-electron chi connectivity index (χ4n) is 2.44. The average Bonchev–Trinajstić information content (AvgIpc) is 2.42. The summed E-state index contributed by atoms with van der Waals surface area (Å²) in [5.41, 5.74) is 1.76. The van der Waals surface area contributed by atoms with E-state index in [9.17, 15) is 5.11 Å². The molecule has 0 spiro atoms. The van der Waals surface area contributed by atoms with E-state index in [2.05, 4.69) is 33.8 Å². The van der Waals surface area contributed by atoms with E-state index in [1.807, 2.05) is 13.0 Å². The van der Waals surface area contributed by atoms with Gasteiger partial charge in [0.15, 0.2) is 0 Å². The van der Waals surface area contributed by atoms with Gasteiger partial charge in [-0.3, -0.25) is 14.8 Å². The van der Waals surface area contributed by atoms with Crippen LogP contribution >= 0.6 is 0 Å². The molecule has 0 atom stereocenters. The highest BCUT2D eigenvalue weighted by atomic mass is 16.3. The van der Waals surface area contributed by atoms with Crippen LogP contribution in [0.5, 0.6) is 5.75 Å². The van der Waals surface area contributed by atoms with Gasteiger partial charge in [-0.1, -0.05) is 0 Å². The number of piperazine rings is 1. The molecule has 0 amide bonds. The van der Waals surface area contributed by atoms with Crippen molar-refractivity contribution in [1.29, 1.82) is 0 Å². The van der Waals surface area contributed by atoms with E-state index in [1.54, 1.807) is 6.07 Å². The fraction of sp³-hybridized carbons (Fsp3) is 0.667. The van der Waals surface area contributed by atoms with Gasteiger partial charge in [0.1, 0.15) is 5.75 Å². The molecule has 1 aromatic heterocycles. The molecule has 1 saturated heterocycles. The lowest BCUT2D eigenvalue weighted by Crippen LogP contribution is -2.47. The van der Waals surface area contributed by atoms with Gasteiger partial charge in [-0.15, -0.1) is 0 Å². The highest BCUT2D eigenvalue weighted by Crippen LogP contribution is 2.17. The molecule has 1 fully saturated rings. The second kappa shape index (κ2) is 7.02. The van der Waals surface area contributed by atoms with Crippen LogP contribution in [0.15, 0.2) is 12.1 Å². The van der Waals surface area contributed by atoms with Crippen LogP contribution < -0.4 is 0 Å². The van der Waals surface area contributed by atoms with Crippen LogP contribution in [0.1, 0.15) is 11.4 Å². The Labute approximate surface area is 121 Å². The van der Waals surface area contributed by atoms with E-state index in [0.717, 1.165) is 57.2 Å². The summed E-state index contributed by atoms with van der Waals surface area (Å²) < 4.78 is 0. The summed E-state index contributed by atoms with van der Waals surface area (Å²) in [6, 6.07) is 3.59. The number of pyridine rings is 1. The Balaban J connectivity index is 1.81. The molecule has 0 aromatic carbocycles. The second-order valence-electron chi connectivity index (χ2n) is 5.84. The topological polar surface area (TPSA) is 42.8 Å². The van der Waals surface area contributed by atoms with Gasteiger partial charge in [0, 0.05) is 51.5 Å². The van der Waals surface area contributed by atoms with Crippen LogP contribution in [0.4, 0.5) is 0 Å². The van der Waals surface area contributed by atoms with Crippen LogP contribution in [0.25, 0.3) is 0 Å². The van der Waals surface area contributed by atoms with Gasteiger partial charge in [-0.05, 0) is 33.2 Å². The number of hydrogen-bond acceptors (Lipinski definition) is 5. The lowest BCUT2D eigenvalue weighted by molar-refractivity contribution is 0.119. The summed E-state index contributed by atoms with van der Waals surface area (Å²) in [6.07, 6.45) is 0. The van der Waals surface area contributed by atoms with Gasteiger partial charge in [0.2, 0.25) is 0 Å². The van der Waals surface area contributed by atoms with Crippen LogP contribution in [0.3, 0.4) is 0 Å². The molecule has 1 aliphatic heterocycles. The normalized spacial score (nSPS) is 17.8. The molecule has 5 heteroatoms. The minimum Gasteiger partial charge on any atom is -0.506 e. The Morgan fingerprint density at radius 2 is 1.80 bits per heavy atom. The van der Waals surface area contributed by atoms with Crippen molar-refractivity contribution >= 4 is 0 Å². The van der Waals surface area contributed by atoms with Gasteiger partial charge in [0.25, 0.3) is 0 Å². The monoisotopic (exact) mass is 278 g/mol. The lowest BCUT2D eigenvalue weighted by Gasteiger charge is -2.35. The molecule has 1 N–H and O–H groups in total. The van der Waals surface area contributed by atoms with Gasteiger partial charge < -0.3 is 10.0 Å². The maximum Gasteiger partial charge on any atom is 0.138 e. The molecule has 0 aliphatic carbocycles. The maximum atomic E-state index is 9.86. The summed E-state index contributed by atoms with van der Waals surface area (Å²) in [4.78, 5) is 11.5. The number of aromatic nitrogens is 1. The molecule has 112 valence electrons. The first-order chi connectivity index (χ1) is 9.54. The zero-order valence-electron chi connectivity index (χ0n) is 12.8. The van der Waals surface area contributed by atoms with E-state index in [1.165, 1.54) is 0 Å². The number of hydrogen-bond donors (Lipinski definition) is 1. The molecule has 2 heterocycles. The summed E-state index contributed by atoms with van der Waals surface area (Å²) in [5.74, 6) is 0.311. The van der Waals surface area contributed by atoms with Crippen LogP contribution in [-0.4, -0.2) is 78.2 Å². The zero-order valence-corrected chi connectivity index (χ0v) is 12.8. The Morgan fingerprint density at radius 3 is 2.45 bits per heavy atom. The second-order valence-corrected chi connectivity index (χ2v) is 5.84. The smallest absolute Gasteiger partial charge is 0.138 e. The highest BCUT2D eigenvalue weighted by Gasteiger charge is 2.18. The molecule has 5 nitrogen and oxygen atoms in total. The van der Waals surface area contributed by atoms with Crippen molar-refractivity contribution in [2.24, 2.45) is 0 Å². The molecule has 1 aromatic rings. The van der Waals surface area contributed by atoms with E-state index >= 15 is 0 Å². The van der Waals surface area contributed by atoms with E-state index < -0.39 is 0 Å². The van der Waals surface area contributed by atoms with Gasteiger partial charge in [-0.25, -0.2) is 0 Å². The van der Waals surface area contributed by atoms with Gasteiger partial charge in [-0.2, -0.15) is 0 Å². The molecule has 1 aliphatic rings. The summed E-state index contributed by atoms with van der Waals surface area (Å²) in [7, 11) is 4.23. The first kappa shape index (κ1) is 15.2. The minimum absolute atomic E-state index is 0.311. The van der Waals surface area contributed by atoms with Crippen LogP contribution in [-0.2, 0) is 6.54 Å². The Kier molecular flexibility index (Phi) is 5.34. The summed E-state index contributed by atoms with van der Waals surface area (Å²) >= 11 is 0. The lowest BCUT2D eigenvalue weighted by atomic mass is 10.2. The molecule has 0 radical (unpaired) electrons. The number of aryl methyl sites for hydroxylation is 1. The predicted octanol–water partition coefficient (Wildman–Crippen LogP) is 0.775. The van der Waals surface area contributed by atoms with Crippen molar-refractivity contribution in [1.82, 2.24) is 19.7 Å². The standard InChI is InChI=1S/C15H26N4O/c1-13-4-5-15(20)14(16-13)12-19-10-8-18(9-11-19)7-6-17(2)3/h4-5,20H,6-12H2,1-3H3. The molecule has 0 unspecified atom stereocenters. The average molecular weight is 278 g/mol. The third-order valence-electron chi connectivity index (χ3n) is 3.79. The number of rotatable bonds is 5. The van der Waals surface area contributed by atoms with Crippen molar-refractivity contribution in [3.05, 3.63) is 23.5 Å². The molecule has 2 rings (SSSR count). The van der Waals surface area contributed by atoms with Crippen LogP contribution in [0.2, 0.25) is 0 Å². The summed E-state index contributed by atoms with van der Waals surface area (Å²) in [6.45, 7) is 9.23. The molecule has 0 bridgehead atoms. The van der Waals surface area contributed by atoms with Crippen molar-refractivity contribution in [2.75, 3.05) is 53.4 Å². The Morgan fingerprint density at radius 1 is 1.15 bits per heavy atom. The maximum absolute atomic E-state index is 9.86. The molecular weight excluding hydrogens is 252 g/mol. The third-order valence-corrected chi connectivity index (χ3v) is 3.79. The molecule has 0 saturated carbocycles. The number of aromatic hydroxyl groups is 1. The Hall–Kier alpha value is -1.17. The Bertz CT molecular complexity index is 428. The van der Waals surface area contributed by atoms with Gasteiger partial charge >= 0.3 is 0 Å². The van der Waals surface area contributed by atoms with Crippen molar-refractivity contribution in [2.45, 2.75) is 13.5 Å². The van der Waals surface area contributed by atoms with E-state index in [0.29, 0.717) is 5.75 Å². The third kappa shape index (κ3) is 4.44. The van der Waals surface area contributed by atoms with Crippen LogP contribution in [0, 0.1) is 6.92 Å². The number of likely N-dealkylation sites (N-methyl/N-ethyl adjacent to an activating group) is 1. The van der Waals surface area contributed by atoms with Crippen molar-refractivity contribution in [3.8, 4) is 5.75 Å². The molecular formula is C15H26N4O. The predicted molar refractivity (Wildman–Crippen MR) is 80.9 cm³/mol. The minimum atomic E-state index is 0.311. The highest BCUT2D eigenvalue weighted by molar-refractivity contribution is 5.27. The van der Waals surface area contributed by atoms with E-state index in [4.69, 9.17) is 0 Å². The zero-order chi connectivity index (χ0) is 14.5. The first-order valence-corrected chi connectivity index (χ1v) is 7.29.